The average Bonchev–Trinajstić information content (AvgIpc) is 2.67. The number of nitrogens with one attached hydrogen (secondary N) is 1. The molecule has 4 nitrogen and oxygen atoms in total. The van der Waals surface area contributed by atoms with E-state index in [0.29, 0.717) is 17.9 Å². The lowest BCUT2D eigenvalue weighted by Gasteiger charge is -2.20. The van der Waals surface area contributed by atoms with Gasteiger partial charge in [-0.2, -0.15) is 0 Å². The molecule has 0 aliphatic rings. The van der Waals surface area contributed by atoms with Gasteiger partial charge in [-0.25, -0.2) is 12.8 Å². The minimum atomic E-state index is -3.67. The number of hydrogen-bond donors (Lipinski definition) is 1. The van der Waals surface area contributed by atoms with E-state index in [1.807, 2.05) is 6.07 Å². The molecular formula is C20H19FN2O2S. The van der Waals surface area contributed by atoms with Crippen LogP contribution in [0.3, 0.4) is 0 Å². The van der Waals surface area contributed by atoms with Gasteiger partial charge in [0.1, 0.15) is 5.82 Å². The molecule has 1 N–H and O–H groups in total. The third-order valence-electron chi connectivity index (χ3n) is 4.00. The molecule has 0 fully saturated rings. The predicted molar refractivity (Wildman–Crippen MR) is 102 cm³/mol. The number of sulfonamides is 1. The number of hydrogen-bond acceptors (Lipinski definition) is 3. The maximum atomic E-state index is 13.3. The van der Waals surface area contributed by atoms with Crippen molar-refractivity contribution in [2.45, 2.75) is 11.4 Å². The monoisotopic (exact) mass is 370 g/mol. The van der Waals surface area contributed by atoms with Gasteiger partial charge in [-0.3, -0.25) is 4.31 Å². The van der Waals surface area contributed by atoms with E-state index in [-0.39, 0.29) is 10.7 Å². The van der Waals surface area contributed by atoms with E-state index in [9.17, 15) is 12.8 Å². The first-order valence-corrected chi connectivity index (χ1v) is 9.53. The zero-order chi connectivity index (χ0) is 18.6. The highest BCUT2D eigenvalue weighted by Gasteiger charge is 2.21. The molecule has 0 heterocycles. The summed E-state index contributed by atoms with van der Waals surface area (Å²) in [5, 5.41) is 3.13. The number of rotatable bonds is 6. The Morgan fingerprint density at radius 1 is 0.923 bits per heavy atom. The summed E-state index contributed by atoms with van der Waals surface area (Å²) in [4.78, 5) is 0.188. The third-order valence-corrected chi connectivity index (χ3v) is 5.78. The maximum absolute atomic E-state index is 13.3. The fourth-order valence-corrected chi connectivity index (χ4v) is 3.79. The minimum absolute atomic E-state index is 0.188. The third kappa shape index (κ3) is 4.03. The van der Waals surface area contributed by atoms with Crippen molar-refractivity contribution in [2.24, 2.45) is 0 Å². The topological polar surface area (TPSA) is 49.4 Å². The summed E-state index contributed by atoms with van der Waals surface area (Å²) in [6.45, 7) is 0.399. The first kappa shape index (κ1) is 17.9. The molecule has 6 heteroatoms. The molecule has 0 amide bonds. The highest BCUT2D eigenvalue weighted by molar-refractivity contribution is 7.92. The molecule has 0 saturated heterocycles. The predicted octanol–water partition coefficient (Wildman–Crippen LogP) is 4.26. The Kier molecular flexibility index (Phi) is 5.23. The zero-order valence-electron chi connectivity index (χ0n) is 14.3. The van der Waals surface area contributed by atoms with Crippen molar-refractivity contribution in [3.8, 4) is 0 Å². The number of benzene rings is 3. The summed E-state index contributed by atoms with van der Waals surface area (Å²) >= 11 is 0. The van der Waals surface area contributed by atoms with Gasteiger partial charge in [-0.15, -0.1) is 0 Å². The number of halogens is 1. The number of nitrogens with zero attached hydrogens (tertiary/aromatic N) is 1. The van der Waals surface area contributed by atoms with Gasteiger partial charge in [0, 0.05) is 19.3 Å². The molecule has 0 aromatic heterocycles. The summed E-state index contributed by atoms with van der Waals surface area (Å²) < 4.78 is 40.2. The summed E-state index contributed by atoms with van der Waals surface area (Å²) in [7, 11) is -2.15. The summed E-state index contributed by atoms with van der Waals surface area (Å²) in [5.41, 5.74) is 2.02. The highest BCUT2D eigenvalue weighted by Crippen LogP contribution is 2.23. The van der Waals surface area contributed by atoms with Crippen molar-refractivity contribution in [1.82, 2.24) is 0 Å². The second-order valence-corrected chi connectivity index (χ2v) is 7.79. The SMILES string of the molecule is CN(c1ccccc1)S(=O)(=O)c1cccc(NCc2cccc(F)c2)c1. The molecule has 0 atom stereocenters. The molecule has 0 radical (unpaired) electrons. The maximum Gasteiger partial charge on any atom is 0.264 e. The molecule has 3 aromatic rings. The Morgan fingerprint density at radius 3 is 2.38 bits per heavy atom. The zero-order valence-corrected chi connectivity index (χ0v) is 15.1. The Bertz CT molecular complexity index is 991. The Hall–Kier alpha value is -2.86. The molecule has 3 aromatic carbocycles. The van der Waals surface area contributed by atoms with Crippen LogP contribution >= 0.6 is 0 Å². The molecular weight excluding hydrogens is 351 g/mol. The minimum Gasteiger partial charge on any atom is -0.381 e. The molecule has 0 aliphatic heterocycles. The van der Waals surface area contributed by atoms with Gasteiger partial charge in [0.15, 0.2) is 0 Å². The number of para-hydroxylation sites is 1. The van der Waals surface area contributed by atoms with Crippen molar-refractivity contribution in [3.63, 3.8) is 0 Å². The van der Waals surface area contributed by atoms with Gasteiger partial charge in [0.2, 0.25) is 0 Å². The van der Waals surface area contributed by atoms with Crippen LogP contribution < -0.4 is 9.62 Å². The van der Waals surface area contributed by atoms with E-state index < -0.39 is 10.0 Å². The van der Waals surface area contributed by atoms with E-state index in [0.717, 1.165) is 5.56 Å². The first-order valence-electron chi connectivity index (χ1n) is 8.09. The largest absolute Gasteiger partial charge is 0.381 e. The summed E-state index contributed by atoms with van der Waals surface area (Å²) in [5.74, 6) is -0.301. The summed E-state index contributed by atoms with van der Waals surface area (Å²) in [6, 6.07) is 21.8. The highest BCUT2D eigenvalue weighted by atomic mass is 32.2. The molecule has 3 rings (SSSR count). The van der Waals surface area contributed by atoms with E-state index in [4.69, 9.17) is 0 Å². The Morgan fingerprint density at radius 2 is 1.65 bits per heavy atom. The molecule has 0 aliphatic carbocycles. The van der Waals surface area contributed by atoms with Gasteiger partial charge in [-0.1, -0.05) is 36.4 Å². The fraction of sp³-hybridized carbons (Fsp3) is 0.100. The van der Waals surface area contributed by atoms with Crippen LogP contribution in [-0.4, -0.2) is 15.5 Å². The van der Waals surface area contributed by atoms with Crippen LogP contribution in [0, 0.1) is 5.82 Å². The van der Waals surface area contributed by atoms with Gasteiger partial charge < -0.3 is 5.32 Å². The van der Waals surface area contributed by atoms with Crippen LogP contribution in [0.5, 0.6) is 0 Å². The van der Waals surface area contributed by atoms with Crippen molar-refractivity contribution < 1.29 is 12.8 Å². The molecule has 26 heavy (non-hydrogen) atoms. The van der Waals surface area contributed by atoms with Gasteiger partial charge >= 0.3 is 0 Å². The Balaban J connectivity index is 1.80. The van der Waals surface area contributed by atoms with Crippen molar-refractivity contribution >= 4 is 21.4 Å². The van der Waals surface area contributed by atoms with E-state index >= 15 is 0 Å². The van der Waals surface area contributed by atoms with E-state index in [1.165, 1.54) is 23.5 Å². The second-order valence-electron chi connectivity index (χ2n) is 5.82. The van der Waals surface area contributed by atoms with Gasteiger partial charge in [0.05, 0.1) is 10.6 Å². The van der Waals surface area contributed by atoms with E-state index in [1.54, 1.807) is 60.7 Å². The lowest BCUT2D eigenvalue weighted by atomic mass is 10.2. The van der Waals surface area contributed by atoms with Crippen LogP contribution in [0.2, 0.25) is 0 Å². The number of anilines is 2. The van der Waals surface area contributed by atoms with Crippen LogP contribution in [0.15, 0.2) is 83.8 Å². The van der Waals surface area contributed by atoms with Crippen molar-refractivity contribution in [3.05, 3.63) is 90.2 Å². The lowest BCUT2D eigenvalue weighted by molar-refractivity contribution is 0.594. The van der Waals surface area contributed by atoms with E-state index in [2.05, 4.69) is 5.32 Å². The second kappa shape index (κ2) is 7.58. The van der Waals surface area contributed by atoms with Crippen LogP contribution in [0.4, 0.5) is 15.8 Å². The lowest BCUT2D eigenvalue weighted by Crippen LogP contribution is -2.26. The van der Waals surface area contributed by atoms with Crippen molar-refractivity contribution in [1.29, 1.82) is 0 Å². The van der Waals surface area contributed by atoms with Gasteiger partial charge in [0.25, 0.3) is 10.0 Å². The van der Waals surface area contributed by atoms with Crippen molar-refractivity contribution in [2.75, 3.05) is 16.7 Å². The first-order chi connectivity index (χ1) is 12.5. The fourth-order valence-electron chi connectivity index (χ4n) is 2.55. The molecule has 0 saturated carbocycles. The standard InChI is InChI=1S/C20H19FN2O2S/c1-23(19-10-3-2-4-11-19)26(24,25)20-12-6-9-18(14-20)22-15-16-7-5-8-17(21)13-16/h2-14,22H,15H2,1H3. The van der Waals surface area contributed by atoms with Crippen LogP contribution in [0.25, 0.3) is 0 Å². The molecule has 0 bridgehead atoms. The molecule has 0 unspecified atom stereocenters. The van der Waals surface area contributed by atoms with Crippen LogP contribution in [-0.2, 0) is 16.6 Å². The quantitative estimate of drug-likeness (QED) is 0.705. The normalized spacial score (nSPS) is 11.2. The molecule has 0 spiro atoms. The average molecular weight is 370 g/mol. The smallest absolute Gasteiger partial charge is 0.264 e. The van der Waals surface area contributed by atoms with Gasteiger partial charge in [-0.05, 0) is 48.0 Å². The summed E-state index contributed by atoms with van der Waals surface area (Å²) in [6.07, 6.45) is 0. The Labute approximate surface area is 153 Å². The molecule has 134 valence electrons. The van der Waals surface area contributed by atoms with Crippen LogP contribution in [0.1, 0.15) is 5.56 Å².